The number of carbonyl (C=O) groups excluding carboxylic acids is 1. The number of hydrogen-bond donors (Lipinski definition) is 1. The summed E-state index contributed by atoms with van der Waals surface area (Å²) in [6.45, 7) is 0. The van der Waals surface area contributed by atoms with Crippen LogP contribution in [-0.4, -0.2) is 27.0 Å². The van der Waals surface area contributed by atoms with Crippen LogP contribution < -0.4 is 5.43 Å². The number of hydrogen-bond acceptors (Lipinski definition) is 6. The molecule has 0 aliphatic carbocycles. The Labute approximate surface area is 158 Å². The highest BCUT2D eigenvalue weighted by Gasteiger charge is 2.12. The molecule has 1 N–H and O–H groups in total. The molecule has 1 aromatic heterocycles. The number of nitrogens with one attached hydrogen (secondary N) is 1. The van der Waals surface area contributed by atoms with Gasteiger partial charge in [-0.25, -0.2) is 15.4 Å². The number of carbonyl (C=O) groups is 1. The summed E-state index contributed by atoms with van der Waals surface area (Å²) in [5.74, 6) is -0.423. The third kappa shape index (κ3) is 3.38. The third-order valence-electron chi connectivity index (χ3n) is 4.10. The molecule has 3 aromatic carbocycles. The van der Waals surface area contributed by atoms with Gasteiger partial charge in [0, 0.05) is 12.1 Å². The molecule has 0 atom stereocenters. The van der Waals surface area contributed by atoms with E-state index in [1.54, 1.807) is 30.3 Å². The minimum atomic E-state index is -0.478. The van der Waals surface area contributed by atoms with Crippen LogP contribution in [0.25, 0.3) is 22.1 Å². The maximum Gasteiger partial charge on any atom is 0.273 e. The number of non-ortho nitro benzene ring substituents is 1. The molecule has 1 heterocycles. The van der Waals surface area contributed by atoms with E-state index in [1.165, 1.54) is 18.3 Å². The highest BCUT2D eigenvalue weighted by molar-refractivity contribution is 6.06. The van der Waals surface area contributed by atoms with Crippen molar-refractivity contribution in [3.05, 3.63) is 88.0 Å². The molecule has 0 saturated carbocycles. The number of benzene rings is 3. The Balaban J connectivity index is 1.58. The zero-order chi connectivity index (χ0) is 19.5. The van der Waals surface area contributed by atoms with Gasteiger partial charge >= 0.3 is 0 Å². The molecule has 0 aliphatic heterocycles. The van der Waals surface area contributed by atoms with Crippen LogP contribution in [0.4, 0.5) is 5.69 Å². The van der Waals surface area contributed by atoms with Crippen molar-refractivity contribution in [2.75, 3.05) is 0 Å². The van der Waals surface area contributed by atoms with Crippen LogP contribution in [0.2, 0.25) is 0 Å². The van der Waals surface area contributed by atoms with Crippen LogP contribution in [0, 0.1) is 10.1 Å². The quantitative estimate of drug-likeness (QED) is 0.256. The number of nitrogens with zero attached hydrogens (tertiary/aromatic N) is 4. The number of nitro benzene ring substituents is 1. The van der Waals surface area contributed by atoms with Crippen LogP contribution in [0.1, 0.15) is 15.9 Å². The van der Waals surface area contributed by atoms with Crippen LogP contribution in [-0.2, 0) is 0 Å². The van der Waals surface area contributed by atoms with Gasteiger partial charge in [-0.2, -0.15) is 5.10 Å². The number of hydrazone groups is 1. The fraction of sp³-hybridized carbons (Fsp3) is 0. The number of fused-ring (bicyclic) bond motifs is 2. The van der Waals surface area contributed by atoms with E-state index >= 15 is 0 Å². The summed E-state index contributed by atoms with van der Waals surface area (Å²) in [5, 5.41) is 14.6. The summed E-state index contributed by atoms with van der Waals surface area (Å²) in [5.41, 5.74) is 5.98. The van der Waals surface area contributed by atoms with Crippen molar-refractivity contribution >= 4 is 39.9 Å². The van der Waals surface area contributed by atoms with E-state index in [4.69, 9.17) is 0 Å². The molecular formula is C20H13N5O3. The smallest absolute Gasteiger partial charge is 0.267 e. The monoisotopic (exact) mass is 371 g/mol. The lowest BCUT2D eigenvalue weighted by Gasteiger charge is -2.05. The lowest BCUT2D eigenvalue weighted by atomic mass is 10.1. The molecule has 136 valence electrons. The highest BCUT2D eigenvalue weighted by atomic mass is 16.6. The fourth-order valence-electron chi connectivity index (χ4n) is 2.73. The summed E-state index contributed by atoms with van der Waals surface area (Å²) >= 11 is 0. The van der Waals surface area contributed by atoms with Crippen molar-refractivity contribution in [2.24, 2.45) is 5.10 Å². The second kappa shape index (κ2) is 7.20. The topological polar surface area (TPSA) is 110 Å². The van der Waals surface area contributed by atoms with Gasteiger partial charge in [0.1, 0.15) is 5.52 Å². The predicted octanol–water partition coefficient (Wildman–Crippen LogP) is 3.46. The highest BCUT2D eigenvalue weighted by Crippen LogP contribution is 2.19. The van der Waals surface area contributed by atoms with E-state index in [-0.39, 0.29) is 5.69 Å². The Bertz CT molecular complexity index is 1240. The van der Waals surface area contributed by atoms with Crippen LogP contribution in [0.15, 0.2) is 71.8 Å². The molecule has 0 aliphatic rings. The summed E-state index contributed by atoms with van der Waals surface area (Å²) in [6.07, 6.45) is 1.41. The van der Waals surface area contributed by atoms with Crippen molar-refractivity contribution in [3.8, 4) is 0 Å². The Morgan fingerprint density at radius 3 is 2.32 bits per heavy atom. The molecule has 0 unspecified atom stereocenters. The fourth-order valence-corrected chi connectivity index (χ4v) is 2.73. The molecule has 0 fully saturated rings. The first-order valence-electron chi connectivity index (χ1n) is 8.35. The average molecular weight is 371 g/mol. The molecule has 4 aromatic rings. The van der Waals surface area contributed by atoms with Gasteiger partial charge in [-0.3, -0.25) is 14.9 Å². The molecule has 0 bridgehead atoms. The molecule has 0 saturated heterocycles. The Kier molecular flexibility index (Phi) is 4.43. The van der Waals surface area contributed by atoms with E-state index in [1.807, 2.05) is 24.3 Å². The van der Waals surface area contributed by atoms with Crippen molar-refractivity contribution in [1.82, 2.24) is 15.4 Å². The minimum Gasteiger partial charge on any atom is -0.267 e. The summed E-state index contributed by atoms with van der Waals surface area (Å²) in [4.78, 5) is 31.8. The van der Waals surface area contributed by atoms with Gasteiger partial charge in [0.25, 0.3) is 11.6 Å². The first kappa shape index (κ1) is 17.2. The van der Waals surface area contributed by atoms with E-state index in [2.05, 4.69) is 20.5 Å². The van der Waals surface area contributed by atoms with Gasteiger partial charge in [-0.05, 0) is 42.0 Å². The van der Waals surface area contributed by atoms with Crippen molar-refractivity contribution in [3.63, 3.8) is 0 Å². The van der Waals surface area contributed by atoms with Crippen molar-refractivity contribution in [2.45, 2.75) is 0 Å². The van der Waals surface area contributed by atoms with E-state index < -0.39 is 10.8 Å². The van der Waals surface area contributed by atoms with Gasteiger partial charge < -0.3 is 0 Å². The maximum atomic E-state index is 12.5. The zero-order valence-corrected chi connectivity index (χ0v) is 14.4. The molecular weight excluding hydrogens is 358 g/mol. The minimum absolute atomic E-state index is 0.0114. The second-order valence-electron chi connectivity index (χ2n) is 5.93. The van der Waals surface area contributed by atoms with E-state index in [9.17, 15) is 14.9 Å². The maximum absolute atomic E-state index is 12.5. The Hall–Kier alpha value is -4.20. The largest absolute Gasteiger partial charge is 0.273 e. The second-order valence-corrected chi connectivity index (χ2v) is 5.93. The summed E-state index contributed by atoms with van der Waals surface area (Å²) in [7, 11) is 0. The standard InChI is InChI=1S/C20H13N5O3/c26-20(24-21-12-13-8-10-14(11-9-13)25(27)28)15-4-3-7-18-19(15)23-17-6-2-1-5-16(17)22-18/h1-12H,(H,24,26)/b21-12+. The van der Waals surface area contributed by atoms with Crippen LogP contribution in [0.3, 0.4) is 0 Å². The lowest BCUT2D eigenvalue weighted by molar-refractivity contribution is -0.384. The number of nitro groups is 1. The van der Waals surface area contributed by atoms with E-state index in [0.29, 0.717) is 27.7 Å². The van der Waals surface area contributed by atoms with Crippen LogP contribution in [0.5, 0.6) is 0 Å². The number of aromatic nitrogens is 2. The van der Waals surface area contributed by atoms with Crippen LogP contribution >= 0.6 is 0 Å². The first-order chi connectivity index (χ1) is 13.6. The lowest BCUT2D eigenvalue weighted by Crippen LogP contribution is -2.18. The summed E-state index contributed by atoms with van der Waals surface area (Å²) < 4.78 is 0. The molecule has 4 rings (SSSR count). The SMILES string of the molecule is O=C(N/N=C/c1ccc([N+](=O)[O-])cc1)c1cccc2nc3ccccc3nc12. The third-order valence-corrected chi connectivity index (χ3v) is 4.10. The normalized spacial score (nSPS) is 11.1. The summed E-state index contributed by atoms with van der Waals surface area (Å²) in [6, 6.07) is 18.5. The van der Waals surface area contributed by atoms with Gasteiger partial charge in [-0.15, -0.1) is 0 Å². The predicted molar refractivity (Wildman–Crippen MR) is 105 cm³/mol. The number of rotatable bonds is 4. The Morgan fingerprint density at radius 1 is 0.929 bits per heavy atom. The molecule has 8 nitrogen and oxygen atoms in total. The molecule has 28 heavy (non-hydrogen) atoms. The first-order valence-corrected chi connectivity index (χ1v) is 8.35. The molecule has 8 heteroatoms. The molecule has 0 radical (unpaired) electrons. The Morgan fingerprint density at radius 2 is 1.61 bits per heavy atom. The van der Waals surface area contributed by atoms with Gasteiger partial charge in [0.2, 0.25) is 0 Å². The van der Waals surface area contributed by atoms with Crippen molar-refractivity contribution in [1.29, 1.82) is 0 Å². The van der Waals surface area contributed by atoms with Gasteiger partial charge in [-0.1, -0.05) is 18.2 Å². The number of para-hydroxylation sites is 3. The zero-order valence-electron chi connectivity index (χ0n) is 14.4. The molecule has 0 spiro atoms. The average Bonchev–Trinajstić information content (AvgIpc) is 2.72. The van der Waals surface area contributed by atoms with Gasteiger partial charge in [0.15, 0.2) is 0 Å². The number of amides is 1. The van der Waals surface area contributed by atoms with Gasteiger partial charge in [0.05, 0.1) is 33.3 Å². The molecule has 1 amide bonds. The van der Waals surface area contributed by atoms with E-state index in [0.717, 1.165) is 5.52 Å². The van der Waals surface area contributed by atoms with Crippen molar-refractivity contribution < 1.29 is 9.72 Å².